The van der Waals surface area contributed by atoms with E-state index in [0.717, 1.165) is 41.7 Å². The average molecular weight is 424 g/mol. The Balaban J connectivity index is 1.27. The lowest BCUT2D eigenvalue weighted by molar-refractivity contribution is 0.303. The topological polar surface area (TPSA) is 37.2 Å². The van der Waals surface area contributed by atoms with Crippen molar-refractivity contribution in [2.24, 2.45) is 15.9 Å². The Labute approximate surface area is 190 Å². The molecule has 0 spiro atoms. The molecule has 2 unspecified atom stereocenters. The molecule has 4 nitrogen and oxygen atoms in total. The van der Waals surface area contributed by atoms with Gasteiger partial charge in [-0.1, -0.05) is 42.5 Å². The highest BCUT2D eigenvalue weighted by molar-refractivity contribution is 6.39. The molecule has 162 valence electrons. The number of hydrogen-bond acceptors (Lipinski definition) is 4. The maximum atomic E-state index is 5.89. The zero-order valence-corrected chi connectivity index (χ0v) is 18.7. The van der Waals surface area contributed by atoms with E-state index in [-0.39, 0.29) is 6.17 Å². The number of para-hydroxylation sites is 1. The highest BCUT2D eigenvalue weighted by Gasteiger charge is 2.21. The van der Waals surface area contributed by atoms with Crippen LogP contribution in [0.15, 0.2) is 82.8 Å². The number of hydrogen-bond donors (Lipinski definition) is 0. The van der Waals surface area contributed by atoms with Crippen molar-refractivity contribution in [2.45, 2.75) is 25.4 Å². The monoisotopic (exact) mass is 423 g/mol. The van der Waals surface area contributed by atoms with Gasteiger partial charge >= 0.3 is 0 Å². The van der Waals surface area contributed by atoms with Gasteiger partial charge in [-0.2, -0.15) is 0 Å². The third kappa shape index (κ3) is 4.66. The van der Waals surface area contributed by atoms with Crippen molar-refractivity contribution in [3.63, 3.8) is 0 Å². The van der Waals surface area contributed by atoms with Crippen LogP contribution in [0.2, 0.25) is 0 Å². The van der Waals surface area contributed by atoms with Gasteiger partial charge in [-0.3, -0.25) is 9.98 Å². The van der Waals surface area contributed by atoms with Crippen LogP contribution >= 0.6 is 0 Å². The van der Waals surface area contributed by atoms with Crippen molar-refractivity contribution in [1.29, 1.82) is 0 Å². The Kier molecular flexibility index (Phi) is 5.87. The Morgan fingerprint density at radius 2 is 1.69 bits per heavy atom. The van der Waals surface area contributed by atoms with Gasteiger partial charge in [0.05, 0.1) is 11.9 Å². The molecule has 5 rings (SSSR count). The van der Waals surface area contributed by atoms with Crippen LogP contribution in [0.1, 0.15) is 34.8 Å². The van der Waals surface area contributed by atoms with Crippen LogP contribution in [0.4, 0.5) is 0 Å². The van der Waals surface area contributed by atoms with Gasteiger partial charge in [-0.05, 0) is 86.3 Å². The molecular formula is C28H29N3O. The molecule has 2 atom stereocenters. The quantitative estimate of drug-likeness (QED) is 0.509. The molecule has 3 aromatic carbocycles. The lowest BCUT2D eigenvalue weighted by atomic mass is 9.82. The van der Waals surface area contributed by atoms with Crippen LogP contribution in [-0.2, 0) is 12.8 Å². The van der Waals surface area contributed by atoms with Crippen molar-refractivity contribution in [3.8, 4) is 11.5 Å². The van der Waals surface area contributed by atoms with Gasteiger partial charge in [0.25, 0.3) is 0 Å². The van der Waals surface area contributed by atoms with Crippen molar-refractivity contribution < 1.29 is 4.74 Å². The van der Waals surface area contributed by atoms with Crippen LogP contribution in [-0.4, -0.2) is 37.5 Å². The molecule has 0 saturated heterocycles. The summed E-state index contributed by atoms with van der Waals surface area (Å²) in [6.45, 7) is 1.16. The van der Waals surface area contributed by atoms with E-state index < -0.39 is 0 Å². The molecule has 0 bridgehead atoms. The fourth-order valence-corrected chi connectivity index (χ4v) is 4.64. The van der Waals surface area contributed by atoms with Gasteiger partial charge in [0, 0.05) is 12.1 Å². The van der Waals surface area contributed by atoms with Crippen LogP contribution in [0.3, 0.4) is 0 Å². The summed E-state index contributed by atoms with van der Waals surface area (Å²) in [5, 5.41) is 0. The maximum Gasteiger partial charge on any atom is 0.165 e. The predicted molar refractivity (Wildman–Crippen MR) is 131 cm³/mol. The van der Waals surface area contributed by atoms with Crippen LogP contribution in [0.25, 0.3) is 0 Å². The second-order valence-corrected chi connectivity index (χ2v) is 9.00. The second kappa shape index (κ2) is 9.09. The molecule has 4 heteroatoms. The van der Waals surface area contributed by atoms with Gasteiger partial charge in [0.15, 0.2) is 6.17 Å². The van der Waals surface area contributed by atoms with Crippen molar-refractivity contribution in [3.05, 3.63) is 95.1 Å². The summed E-state index contributed by atoms with van der Waals surface area (Å²) >= 11 is 0. The normalized spacial score (nSPS) is 19.7. The second-order valence-electron chi connectivity index (χ2n) is 9.00. The van der Waals surface area contributed by atoms with Crippen LogP contribution < -0.4 is 4.74 Å². The number of rotatable bonds is 6. The summed E-state index contributed by atoms with van der Waals surface area (Å²) in [5.74, 6) is 2.40. The van der Waals surface area contributed by atoms with E-state index in [1.807, 2.05) is 60.8 Å². The Morgan fingerprint density at radius 3 is 2.47 bits per heavy atom. The van der Waals surface area contributed by atoms with Gasteiger partial charge in [-0.25, -0.2) is 0 Å². The largest absolute Gasteiger partial charge is 0.457 e. The van der Waals surface area contributed by atoms with Crippen LogP contribution in [0.5, 0.6) is 11.5 Å². The number of aliphatic imine (C=N–C) groups is 2. The zero-order chi connectivity index (χ0) is 21.9. The molecule has 1 aliphatic carbocycles. The number of benzene rings is 3. The summed E-state index contributed by atoms with van der Waals surface area (Å²) in [5.41, 5.74) is 6.18. The fraction of sp³-hybridized carbons (Fsp3) is 0.286. The maximum absolute atomic E-state index is 5.89. The van der Waals surface area contributed by atoms with Gasteiger partial charge in [0.1, 0.15) is 11.5 Å². The van der Waals surface area contributed by atoms with E-state index >= 15 is 0 Å². The summed E-state index contributed by atoms with van der Waals surface area (Å²) < 4.78 is 5.89. The Hall–Kier alpha value is -3.24. The van der Waals surface area contributed by atoms with E-state index in [4.69, 9.17) is 9.73 Å². The first-order chi connectivity index (χ1) is 15.6. The van der Waals surface area contributed by atoms with E-state index in [9.17, 15) is 0 Å². The highest BCUT2D eigenvalue weighted by atomic mass is 16.5. The van der Waals surface area contributed by atoms with E-state index in [0.29, 0.717) is 0 Å². The van der Waals surface area contributed by atoms with Gasteiger partial charge in [0.2, 0.25) is 0 Å². The van der Waals surface area contributed by atoms with Crippen LogP contribution in [0, 0.1) is 5.92 Å². The third-order valence-corrected chi connectivity index (χ3v) is 6.21. The highest BCUT2D eigenvalue weighted by Crippen LogP contribution is 2.30. The molecule has 1 heterocycles. The van der Waals surface area contributed by atoms with E-state index in [1.54, 1.807) is 0 Å². The van der Waals surface area contributed by atoms with Crippen molar-refractivity contribution >= 4 is 11.9 Å². The Morgan fingerprint density at radius 1 is 0.906 bits per heavy atom. The van der Waals surface area contributed by atoms with Crippen molar-refractivity contribution in [1.82, 2.24) is 4.90 Å². The molecule has 0 fully saturated rings. The minimum atomic E-state index is -0.184. The van der Waals surface area contributed by atoms with E-state index in [1.165, 1.54) is 29.5 Å². The lowest BCUT2D eigenvalue weighted by Gasteiger charge is -2.27. The molecule has 0 radical (unpaired) electrons. The molecule has 0 saturated carbocycles. The molecular weight excluding hydrogens is 394 g/mol. The number of fused-ring (bicyclic) bond motifs is 1. The SMILES string of the molecule is CN(C)CC1CCc2cc(C3=NC(c4ccc(Oc5ccccc5)cc4)N=C3)ccc2C1. The summed E-state index contributed by atoms with van der Waals surface area (Å²) in [6, 6.07) is 24.7. The molecule has 0 N–H and O–H groups in total. The standard InChI is InChI=1S/C28H29N3O/c1-31(2)19-20-8-9-23-17-24(11-10-22(23)16-20)27-18-29-28(30-27)21-12-14-26(15-13-21)32-25-6-4-3-5-7-25/h3-7,10-15,17-18,20,28H,8-9,16,19H2,1-2H3. The smallest absolute Gasteiger partial charge is 0.165 e. The molecule has 0 aromatic heterocycles. The zero-order valence-electron chi connectivity index (χ0n) is 18.7. The minimum absolute atomic E-state index is 0.184. The summed E-state index contributed by atoms with van der Waals surface area (Å²) in [4.78, 5) is 11.9. The first kappa shape index (κ1) is 20.7. The first-order valence-corrected chi connectivity index (χ1v) is 11.3. The van der Waals surface area contributed by atoms with Crippen molar-refractivity contribution in [2.75, 3.05) is 20.6 Å². The van der Waals surface area contributed by atoms with E-state index in [2.05, 4.69) is 42.2 Å². The summed E-state index contributed by atoms with van der Waals surface area (Å²) in [6.07, 6.45) is 5.32. The molecule has 0 amide bonds. The third-order valence-electron chi connectivity index (χ3n) is 6.21. The van der Waals surface area contributed by atoms with Gasteiger partial charge in [-0.15, -0.1) is 0 Å². The number of nitrogens with zero attached hydrogens (tertiary/aromatic N) is 3. The number of ether oxygens (including phenoxy) is 1. The average Bonchev–Trinajstić information content (AvgIpc) is 3.30. The fourth-order valence-electron chi connectivity index (χ4n) is 4.64. The molecule has 1 aliphatic heterocycles. The summed E-state index contributed by atoms with van der Waals surface area (Å²) in [7, 11) is 4.33. The predicted octanol–water partition coefficient (Wildman–Crippen LogP) is 5.72. The molecule has 3 aromatic rings. The molecule has 32 heavy (non-hydrogen) atoms. The van der Waals surface area contributed by atoms with Gasteiger partial charge < -0.3 is 9.64 Å². The molecule has 2 aliphatic rings. The minimum Gasteiger partial charge on any atom is -0.457 e. The lowest BCUT2D eigenvalue weighted by Crippen LogP contribution is -2.26. The first-order valence-electron chi connectivity index (χ1n) is 11.3. The number of aryl methyl sites for hydroxylation is 1. The Bertz CT molecular complexity index is 1130.